The summed E-state index contributed by atoms with van der Waals surface area (Å²) < 4.78 is 0. The molecule has 0 bridgehead atoms. The minimum absolute atomic E-state index is 0.495. The Morgan fingerprint density at radius 1 is 1.47 bits per heavy atom. The Morgan fingerprint density at radius 3 is 2.71 bits per heavy atom. The monoisotopic (exact) mass is 233 g/mol. The number of carboxylic acids is 1. The summed E-state index contributed by atoms with van der Waals surface area (Å²) in [5.41, 5.74) is 0.419. The molecular weight excluding hydrogens is 214 g/mol. The number of rotatable bonds is 4. The molecule has 0 spiro atoms. The zero-order valence-electron chi connectivity index (χ0n) is 10.1. The quantitative estimate of drug-likeness (QED) is 0.839. The van der Waals surface area contributed by atoms with E-state index < -0.39 is 11.5 Å². The smallest absolute Gasteiger partial charge is 0.323 e. The Bertz CT molecular complexity index is 390. The molecule has 3 nitrogen and oxygen atoms in total. The van der Waals surface area contributed by atoms with Crippen molar-refractivity contribution < 1.29 is 9.90 Å². The van der Waals surface area contributed by atoms with E-state index in [2.05, 4.69) is 12.2 Å². The third-order valence-electron chi connectivity index (χ3n) is 3.64. The van der Waals surface area contributed by atoms with Crippen molar-refractivity contribution in [1.29, 1.82) is 0 Å². The van der Waals surface area contributed by atoms with Crippen molar-refractivity contribution in [2.75, 3.05) is 0 Å². The largest absolute Gasteiger partial charge is 0.480 e. The number of hydrogen-bond acceptors (Lipinski definition) is 2. The third-order valence-corrected chi connectivity index (χ3v) is 3.64. The molecule has 0 radical (unpaired) electrons. The molecule has 1 aliphatic carbocycles. The van der Waals surface area contributed by atoms with Gasteiger partial charge in [0.15, 0.2) is 0 Å². The lowest BCUT2D eigenvalue weighted by molar-refractivity contribution is -0.144. The third kappa shape index (κ3) is 2.67. The fraction of sp³-hybridized carbons (Fsp3) is 0.500. The molecular formula is C14H19NO2. The van der Waals surface area contributed by atoms with Crippen LogP contribution >= 0.6 is 0 Å². The van der Waals surface area contributed by atoms with Crippen molar-refractivity contribution in [3.05, 3.63) is 35.9 Å². The molecule has 2 unspecified atom stereocenters. The first kappa shape index (κ1) is 12.1. The van der Waals surface area contributed by atoms with Gasteiger partial charge in [-0.15, -0.1) is 0 Å². The van der Waals surface area contributed by atoms with Gasteiger partial charge in [-0.1, -0.05) is 37.3 Å². The molecule has 0 aromatic heterocycles. The van der Waals surface area contributed by atoms with Crippen LogP contribution in [0.4, 0.5) is 0 Å². The van der Waals surface area contributed by atoms with Crippen molar-refractivity contribution in [1.82, 2.24) is 5.32 Å². The standard InChI is InChI=1S/C14H19NO2/c1-11-7-8-14(9-11,13(16)17)15-10-12-5-3-2-4-6-12/h2-6,11,15H,7-10H2,1H3,(H,16,17). The SMILES string of the molecule is CC1CCC(NCc2ccccc2)(C(=O)O)C1. The van der Waals surface area contributed by atoms with Gasteiger partial charge in [0.2, 0.25) is 0 Å². The van der Waals surface area contributed by atoms with Gasteiger partial charge in [-0.05, 0) is 30.7 Å². The van der Waals surface area contributed by atoms with E-state index in [1.165, 1.54) is 0 Å². The lowest BCUT2D eigenvalue weighted by Crippen LogP contribution is -2.49. The highest BCUT2D eigenvalue weighted by atomic mass is 16.4. The van der Waals surface area contributed by atoms with Crippen LogP contribution in [0, 0.1) is 5.92 Å². The van der Waals surface area contributed by atoms with Crippen LogP contribution in [0.25, 0.3) is 0 Å². The lowest BCUT2D eigenvalue weighted by atomic mass is 9.96. The van der Waals surface area contributed by atoms with Crippen molar-refractivity contribution in [3.63, 3.8) is 0 Å². The molecule has 92 valence electrons. The predicted molar refractivity (Wildman–Crippen MR) is 66.7 cm³/mol. The first-order valence-electron chi connectivity index (χ1n) is 6.15. The zero-order valence-corrected chi connectivity index (χ0v) is 10.1. The van der Waals surface area contributed by atoms with Gasteiger partial charge in [-0.25, -0.2) is 0 Å². The van der Waals surface area contributed by atoms with E-state index in [9.17, 15) is 9.90 Å². The zero-order chi connectivity index (χ0) is 12.3. The molecule has 2 rings (SSSR count). The van der Waals surface area contributed by atoms with Crippen LogP contribution in [0.5, 0.6) is 0 Å². The first-order chi connectivity index (χ1) is 8.12. The summed E-state index contributed by atoms with van der Waals surface area (Å²) in [4.78, 5) is 11.4. The van der Waals surface area contributed by atoms with Gasteiger partial charge >= 0.3 is 5.97 Å². The molecule has 1 aliphatic rings. The molecule has 2 atom stereocenters. The highest BCUT2D eigenvalue weighted by Crippen LogP contribution is 2.34. The van der Waals surface area contributed by atoms with Crippen LogP contribution in [-0.2, 0) is 11.3 Å². The molecule has 0 heterocycles. The van der Waals surface area contributed by atoms with Gasteiger partial charge in [0, 0.05) is 6.54 Å². The number of hydrogen-bond donors (Lipinski definition) is 2. The maximum absolute atomic E-state index is 11.4. The van der Waals surface area contributed by atoms with Gasteiger partial charge in [0.1, 0.15) is 5.54 Å². The highest BCUT2D eigenvalue weighted by Gasteiger charge is 2.43. The van der Waals surface area contributed by atoms with Gasteiger partial charge in [-0.3, -0.25) is 10.1 Å². The van der Waals surface area contributed by atoms with Gasteiger partial charge in [0.05, 0.1) is 0 Å². The number of aliphatic carboxylic acids is 1. The maximum Gasteiger partial charge on any atom is 0.323 e. The number of benzene rings is 1. The molecule has 1 saturated carbocycles. The molecule has 1 aromatic carbocycles. The van der Waals surface area contributed by atoms with Crippen LogP contribution in [-0.4, -0.2) is 16.6 Å². The molecule has 17 heavy (non-hydrogen) atoms. The molecule has 2 N–H and O–H groups in total. The second kappa shape index (κ2) is 4.88. The minimum Gasteiger partial charge on any atom is -0.480 e. The van der Waals surface area contributed by atoms with Crippen LogP contribution in [0.1, 0.15) is 31.7 Å². The average molecular weight is 233 g/mol. The van der Waals surface area contributed by atoms with Gasteiger partial charge < -0.3 is 5.11 Å². The van der Waals surface area contributed by atoms with Gasteiger partial charge in [-0.2, -0.15) is 0 Å². The molecule has 0 saturated heterocycles. The van der Waals surface area contributed by atoms with Crippen molar-refractivity contribution in [2.45, 2.75) is 38.3 Å². The molecule has 1 aromatic rings. The second-order valence-electron chi connectivity index (χ2n) is 5.07. The van der Waals surface area contributed by atoms with E-state index >= 15 is 0 Å². The topological polar surface area (TPSA) is 49.3 Å². The fourth-order valence-electron chi connectivity index (χ4n) is 2.59. The van der Waals surface area contributed by atoms with Crippen LogP contribution < -0.4 is 5.32 Å². The van der Waals surface area contributed by atoms with E-state index in [-0.39, 0.29) is 0 Å². The summed E-state index contributed by atoms with van der Waals surface area (Å²) in [7, 11) is 0. The van der Waals surface area contributed by atoms with E-state index in [4.69, 9.17) is 0 Å². The normalized spacial score (nSPS) is 28.2. The summed E-state index contributed by atoms with van der Waals surface area (Å²) in [5, 5.41) is 12.6. The Balaban J connectivity index is 2.03. The van der Waals surface area contributed by atoms with Crippen LogP contribution in [0.2, 0.25) is 0 Å². The van der Waals surface area contributed by atoms with Crippen molar-refractivity contribution in [3.8, 4) is 0 Å². The van der Waals surface area contributed by atoms with Gasteiger partial charge in [0.25, 0.3) is 0 Å². The first-order valence-corrected chi connectivity index (χ1v) is 6.15. The number of carbonyl (C=O) groups is 1. The van der Waals surface area contributed by atoms with Crippen molar-refractivity contribution >= 4 is 5.97 Å². The van der Waals surface area contributed by atoms with E-state index in [1.54, 1.807) is 0 Å². The lowest BCUT2D eigenvalue weighted by Gasteiger charge is -2.26. The Morgan fingerprint density at radius 2 is 2.18 bits per heavy atom. The van der Waals surface area contributed by atoms with E-state index in [0.29, 0.717) is 12.5 Å². The van der Waals surface area contributed by atoms with Crippen LogP contribution in [0.15, 0.2) is 30.3 Å². The average Bonchev–Trinajstić information content (AvgIpc) is 2.71. The fourth-order valence-corrected chi connectivity index (χ4v) is 2.59. The summed E-state index contributed by atoms with van der Waals surface area (Å²) in [6, 6.07) is 9.94. The summed E-state index contributed by atoms with van der Waals surface area (Å²) >= 11 is 0. The van der Waals surface area contributed by atoms with Crippen molar-refractivity contribution in [2.24, 2.45) is 5.92 Å². The predicted octanol–water partition coefficient (Wildman–Crippen LogP) is 2.42. The molecule has 0 aliphatic heterocycles. The van der Waals surface area contributed by atoms with E-state index in [1.807, 2.05) is 30.3 Å². The van der Waals surface area contributed by atoms with E-state index in [0.717, 1.165) is 24.8 Å². The highest BCUT2D eigenvalue weighted by molar-refractivity contribution is 5.79. The summed E-state index contributed by atoms with van der Waals surface area (Å²) in [6.45, 7) is 2.74. The summed E-state index contributed by atoms with van der Waals surface area (Å²) in [6.07, 6.45) is 2.46. The number of carboxylic acid groups (broad SMARTS) is 1. The number of nitrogens with one attached hydrogen (secondary N) is 1. The molecule has 3 heteroatoms. The second-order valence-corrected chi connectivity index (χ2v) is 5.07. The van der Waals surface area contributed by atoms with Crippen LogP contribution in [0.3, 0.4) is 0 Å². The Hall–Kier alpha value is -1.35. The Kier molecular flexibility index (Phi) is 3.48. The Labute approximate surface area is 102 Å². The molecule has 1 fully saturated rings. The minimum atomic E-state index is -0.713. The molecule has 0 amide bonds. The summed E-state index contributed by atoms with van der Waals surface area (Å²) in [5.74, 6) is -0.216. The maximum atomic E-state index is 11.4.